The van der Waals surface area contributed by atoms with Crippen LogP contribution in [-0.4, -0.2) is 68.3 Å². The van der Waals surface area contributed by atoms with Gasteiger partial charge < -0.3 is 14.8 Å². The molecule has 150 valence electrons. The molecule has 0 spiro atoms. The summed E-state index contributed by atoms with van der Waals surface area (Å²) < 4.78 is 36.6. The summed E-state index contributed by atoms with van der Waals surface area (Å²) >= 11 is 0. The first-order valence-corrected chi connectivity index (χ1v) is 9.99. The van der Waals surface area contributed by atoms with Crippen molar-refractivity contribution in [2.75, 3.05) is 37.8 Å². The first-order valence-electron chi connectivity index (χ1n) is 8.38. The van der Waals surface area contributed by atoms with Crippen molar-refractivity contribution < 1.29 is 27.6 Å². The number of ether oxygens (including phenoxy) is 2. The number of non-ortho nitro benzene ring substituents is 1. The maximum atomic E-state index is 12.5. The van der Waals surface area contributed by atoms with Crippen LogP contribution in [0.25, 0.3) is 0 Å². The van der Waals surface area contributed by atoms with E-state index in [1.165, 1.54) is 16.4 Å². The van der Waals surface area contributed by atoms with Gasteiger partial charge in [-0.25, -0.2) is 13.2 Å². The third-order valence-corrected chi connectivity index (χ3v) is 5.88. The molecule has 0 radical (unpaired) electrons. The summed E-state index contributed by atoms with van der Waals surface area (Å²) in [5, 5.41) is 13.7. The fraction of sp³-hybridized carbons (Fsp3) is 0.562. The molecule has 0 saturated carbocycles. The number of hydrogen-bond donors (Lipinski definition) is 1. The molecule has 1 aliphatic rings. The average Bonchev–Trinajstić information content (AvgIpc) is 2.60. The molecule has 10 nitrogen and oxygen atoms in total. The van der Waals surface area contributed by atoms with Gasteiger partial charge in [-0.2, -0.15) is 4.31 Å². The number of methoxy groups -OCH3 is 1. The molecule has 0 aromatic heterocycles. The Morgan fingerprint density at radius 2 is 2.00 bits per heavy atom. The van der Waals surface area contributed by atoms with Gasteiger partial charge in [0.25, 0.3) is 5.69 Å². The maximum absolute atomic E-state index is 12.5. The quantitative estimate of drug-likeness (QED) is 0.410. The smallest absolute Gasteiger partial charge is 0.340 e. The molecule has 11 heteroatoms. The van der Waals surface area contributed by atoms with E-state index in [0.29, 0.717) is 0 Å². The van der Waals surface area contributed by atoms with E-state index in [0.717, 1.165) is 13.2 Å². The molecule has 2 atom stereocenters. The highest BCUT2D eigenvalue weighted by molar-refractivity contribution is 7.89. The van der Waals surface area contributed by atoms with E-state index >= 15 is 0 Å². The van der Waals surface area contributed by atoms with Gasteiger partial charge in [0, 0.05) is 37.5 Å². The number of benzene rings is 1. The number of carbonyl (C=O) groups is 1. The van der Waals surface area contributed by atoms with Gasteiger partial charge in [0.1, 0.15) is 0 Å². The summed E-state index contributed by atoms with van der Waals surface area (Å²) in [7, 11) is -2.35. The van der Waals surface area contributed by atoms with Gasteiger partial charge in [-0.1, -0.05) is 0 Å². The van der Waals surface area contributed by atoms with Crippen molar-refractivity contribution in [1.82, 2.24) is 4.31 Å². The summed E-state index contributed by atoms with van der Waals surface area (Å²) in [6.07, 6.45) is -0.367. The predicted molar refractivity (Wildman–Crippen MR) is 98.3 cm³/mol. The molecule has 2 unspecified atom stereocenters. The summed E-state index contributed by atoms with van der Waals surface area (Å²) in [5.41, 5.74) is -0.0195. The molecule has 1 aromatic rings. The number of sulfonamides is 1. The van der Waals surface area contributed by atoms with Gasteiger partial charge in [0.15, 0.2) is 0 Å². The monoisotopic (exact) mass is 401 g/mol. The second kappa shape index (κ2) is 8.63. The topological polar surface area (TPSA) is 128 Å². The van der Waals surface area contributed by atoms with E-state index in [4.69, 9.17) is 4.74 Å². The highest BCUT2D eigenvalue weighted by Crippen LogP contribution is 2.23. The molecule has 1 aromatic carbocycles. The Labute approximate surface area is 157 Å². The Kier molecular flexibility index (Phi) is 6.73. The fourth-order valence-electron chi connectivity index (χ4n) is 2.88. The van der Waals surface area contributed by atoms with Crippen LogP contribution in [0.2, 0.25) is 0 Å². The predicted octanol–water partition coefficient (Wildman–Crippen LogP) is 1.23. The minimum atomic E-state index is -3.51. The second-order valence-corrected chi connectivity index (χ2v) is 8.38. The molecule has 0 bridgehead atoms. The molecular weight excluding hydrogens is 378 g/mol. The third kappa shape index (κ3) is 5.37. The molecule has 1 N–H and O–H groups in total. The van der Waals surface area contributed by atoms with Crippen molar-refractivity contribution in [3.05, 3.63) is 33.9 Å². The van der Waals surface area contributed by atoms with Crippen LogP contribution in [0.3, 0.4) is 0 Å². The molecular formula is C16H23N3O7S. The minimum absolute atomic E-state index is 0.0299. The Hall–Kier alpha value is -2.24. The van der Waals surface area contributed by atoms with Crippen molar-refractivity contribution in [2.24, 2.45) is 0 Å². The number of hydrogen-bond acceptors (Lipinski definition) is 8. The van der Waals surface area contributed by atoms with Crippen LogP contribution >= 0.6 is 0 Å². The zero-order valence-corrected chi connectivity index (χ0v) is 16.2. The number of nitro groups is 1. The summed E-state index contributed by atoms with van der Waals surface area (Å²) in [6.45, 7) is 4.24. The number of rotatable bonds is 7. The van der Waals surface area contributed by atoms with Crippen LogP contribution < -0.4 is 5.32 Å². The fourth-order valence-corrected chi connectivity index (χ4v) is 4.37. The zero-order chi connectivity index (χ0) is 20.2. The van der Waals surface area contributed by atoms with Crippen molar-refractivity contribution in [2.45, 2.75) is 26.1 Å². The van der Waals surface area contributed by atoms with Crippen LogP contribution in [0.15, 0.2) is 18.2 Å². The second-order valence-electron chi connectivity index (χ2n) is 6.30. The number of carbonyl (C=O) groups excluding carboxylic acids is 1. The average molecular weight is 401 g/mol. The van der Waals surface area contributed by atoms with Crippen molar-refractivity contribution in [3.63, 3.8) is 0 Å². The van der Waals surface area contributed by atoms with Gasteiger partial charge in [0.2, 0.25) is 10.0 Å². The highest BCUT2D eigenvalue weighted by atomic mass is 32.2. The number of anilines is 1. The van der Waals surface area contributed by atoms with E-state index in [2.05, 4.69) is 10.1 Å². The Morgan fingerprint density at radius 3 is 2.56 bits per heavy atom. The number of nitrogens with zero attached hydrogens (tertiary/aromatic N) is 2. The number of morpholine rings is 1. The van der Waals surface area contributed by atoms with E-state index in [-0.39, 0.29) is 54.5 Å². The summed E-state index contributed by atoms with van der Waals surface area (Å²) in [5.74, 6) is -0.941. The lowest BCUT2D eigenvalue weighted by atomic mass is 10.1. The molecule has 1 saturated heterocycles. The third-order valence-electron chi connectivity index (χ3n) is 4.07. The molecule has 0 aliphatic carbocycles. The molecule has 27 heavy (non-hydrogen) atoms. The Morgan fingerprint density at radius 1 is 1.37 bits per heavy atom. The lowest BCUT2D eigenvalue weighted by Gasteiger charge is -2.34. The lowest BCUT2D eigenvalue weighted by molar-refractivity contribution is -0.384. The highest BCUT2D eigenvalue weighted by Gasteiger charge is 2.30. The first kappa shape index (κ1) is 21.1. The van der Waals surface area contributed by atoms with Crippen LogP contribution in [-0.2, 0) is 19.5 Å². The Balaban J connectivity index is 2.07. The first-order chi connectivity index (χ1) is 12.6. The molecule has 0 amide bonds. The zero-order valence-electron chi connectivity index (χ0n) is 15.4. The molecule has 2 rings (SSSR count). The van der Waals surface area contributed by atoms with Gasteiger partial charge in [-0.15, -0.1) is 0 Å². The lowest BCUT2D eigenvalue weighted by Crippen LogP contribution is -2.49. The molecule has 1 heterocycles. The van der Waals surface area contributed by atoms with Gasteiger partial charge in [-0.3, -0.25) is 10.1 Å². The summed E-state index contributed by atoms with van der Waals surface area (Å²) in [4.78, 5) is 22.1. The van der Waals surface area contributed by atoms with Crippen LogP contribution in [0.5, 0.6) is 0 Å². The normalized spacial score (nSPS) is 20.9. The van der Waals surface area contributed by atoms with Gasteiger partial charge in [0.05, 0.1) is 35.6 Å². The van der Waals surface area contributed by atoms with Crippen LogP contribution in [0.1, 0.15) is 24.2 Å². The van der Waals surface area contributed by atoms with Crippen molar-refractivity contribution in [1.29, 1.82) is 0 Å². The maximum Gasteiger partial charge on any atom is 0.340 e. The largest absolute Gasteiger partial charge is 0.465 e. The minimum Gasteiger partial charge on any atom is -0.465 e. The van der Waals surface area contributed by atoms with E-state index in [9.17, 15) is 23.3 Å². The van der Waals surface area contributed by atoms with Gasteiger partial charge in [-0.05, 0) is 19.9 Å². The molecule has 1 aliphatic heterocycles. The van der Waals surface area contributed by atoms with Gasteiger partial charge >= 0.3 is 5.97 Å². The molecule has 1 fully saturated rings. The Bertz CT molecular complexity index is 802. The van der Waals surface area contributed by atoms with E-state index in [1.54, 1.807) is 0 Å². The number of esters is 1. The van der Waals surface area contributed by atoms with E-state index < -0.39 is 20.9 Å². The number of nitrogens with one attached hydrogen (secondary N) is 1. The van der Waals surface area contributed by atoms with Crippen molar-refractivity contribution >= 4 is 27.4 Å². The van der Waals surface area contributed by atoms with Crippen molar-refractivity contribution in [3.8, 4) is 0 Å². The van der Waals surface area contributed by atoms with Crippen LogP contribution in [0.4, 0.5) is 11.4 Å². The number of nitro benzene ring substituents is 1. The SMILES string of the molecule is COC(=O)c1cc([N+](=O)[O-])ccc1NCCS(=O)(=O)N1CC(C)OC(C)C1. The van der Waals surface area contributed by atoms with E-state index in [1.807, 2.05) is 13.8 Å². The summed E-state index contributed by atoms with van der Waals surface area (Å²) in [6, 6.07) is 3.68. The standard InChI is InChI=1S/C16H23N3O7S/c1-11-9-18(10-12(2)26-11)27(23,24)7-6-17-15-5-4-13(19(21)22)8-14(15)16(20)25-3/h4-5,8,11-12,17H,6-7,9-10H2,1-3H3. The van der Waals surface area contributed by atoms with Crippen LogP contribution in [0, 0.1) is 10.1 Å².